The standard InChI is InChI=1S/C53H84N14O24/c1-23(2)15-30(47(85)60-28(9-11-39(74)75)45(83)57-21-38(73)67-43(25(5)6)53(91)58-26(7)44(82)56-20-37(72)55-13-14-68)62-46(84)29(10-12-40(76)77)61-50(88)33(18-41(78)79)64-51(89)34(19-42(80)81)65-52(90)35(22-69)66-48(86)31(16-24(3)4)63-49(87)32(17-36(54)71)59-27(8)70/h14,23-26,28-35,43,69H,9-13,15-22H2,1-8H3,(H2,54,71)(H,55,72)(H,56,82)(H,57,83)(H,58,91)(H,59,70)(H,60,85)(H,61,88)(H,62,84)(H,63,87)(H,64,89)(H,65,90)(H,66,86)(H,67,73)(H,74,75)(H,76,77)(H,78,79)(H,80,81)/t26-,28-,29-,30-,31-,32-,33-,34-,35-,43-/m0/s1. The number of hydrogen-bond acceptors (Lipinski definition) is 20. The molecule has 38 nitrogen and oxygen atoms in total. The number of aliphatic hydroxyl groups is 1. The van der Waals surface area contributed by atoms with E-state index in [-0.39, 0.29) is 25.3 Å². The average Bonchev–Trinajstić information content (AvgIpc) is 1.22. The van der Waals surface area contributed by atoms with Crippen LogP contribution in [-0.2, 0) is 91.1 Å². The summed E-state index contributed by atoms with van der Waals surface area (Å²) in [5, 5.41) is 77.1. The van der Waals surface area contributed by atoms with E-state index in [0.717, 1.165) is 6.92 Å². The molecule has 510 valence electrons. The summed E-state index contributed by atoms with van der Waals surface area (Å²) in [5.74, 6) is -23.6. The number of aldehydes is 1. The lowest BCUT2D eigenvalue weighted by atomic mass is 10.0. The van der Waals surface area contributed by atoms with Gasteiger partial charge in [-0.2, -0.15) is 0 Å². The van der Waals surface area contributed by atoms with Gasteiger partial charge in [-0.05, 0) is 50.4 Å². The summed E-state index contributed by atoms with van der Waals surface area (Å²) >= 11 is 0. The van der Waals surface area contributed by atoms with Crippen LogP contribution in [0.25, 0.3) is 0 Å². The number of primary amides is 1. The first-order valence-electron chi connectivity index (χ1n) is 28.3. The Bertz CT molecular complexity index is 2660. The normalized spacial score (nSPS) is 14.2. The topological polar surface area (TPSA) is 608 Å². The van der Waals surface area contributed by atoms with Crippen LogP contribution in [0.5, 0.6) is 0 Å². The highest BCUT2D eigenvalue weighted by molar-refractivity contribution is 6.01. The highest BCUT2D eigenvalue weighted by atomic mass is 16.4. The van der Waals surface area contributed by atoms with Crippen molar-refractivity contribution >= 4 is 113 Å². The predicted octanol–water partition coefficient (Wildman–Crippen LogP) is -8.28. The molecule has 14 amide bonds. The Morgan fingerprint density at radius 2 is 0.758 bits per heavy atom. The number of carbonyl (C=O) groups is 19. The fraction of sp³-hybridized carbons (Fsp3) is 0.642. The molecule has 0 saturated heterocycles. The summed E-state index contributed by atoms with van der Waals surface area (Å²) in [4.78, 5) is 241. The van der Waals surface area contributed by atoms with E-state index in [9.17, 15) is 117 Å². The third-order valence-corrected chi connectivity index (χ3v) is 12.4. The Morgan fingerprint density at radius 1 is 0.396 bits per heavy atom. The van der Waals surface area contributed by atoms with Gasteiger partial charge in [0, 0.05) is 19.8 Å². The van der Waals surface area contributed by atoms with Crippen LogP contribution in [-0.4, -0.2) is 225 Å². The largest absolute Gasteiger partial charge is 0.481 e. The molecule has 20 N–H and O–H groups in total. The average molecular weight is 1300 g/mol. The number of nitrogens with two attached hydrogens (primary N) is 1. The molecule has 0 heterocycles. The Labute approximate surface area is 520 Å². The lowest BCUT2D eigenvalue weighted by Crippen LogP contribution is -2.61. The van der Waals surface area contributed by atoms with E-state index in [1.807, 2.05) is 10.6 Å². The molecule has 0 rings (SSSR count). The lowest BCUT2D eigenvalue weighted by Gasteiger charge is -2.28. The summed E-state index contributed by atoms with van der Waals surface area (Å²) in [5.41, 5.74) is 5.19. The van der Waals surface area contributed by atoms with E-state index in [1.165, 1.54) is 20.8 Å². The predicted molar refractivity (Wildman–Crippen MR) is 309 cm³/mol. The van der Waals surface area contributed by atoms with E-state index in [1.54, 1.807) is 27.7 Å². The van der Waals surface area contributed by atoms with Crippen LogP contribution in [0.15, 0.2) is 0 Å². The second kappa shape index (κ2) is 41.3. The first-order valence-corrected chi connectivity index (χ1v) is 28.3. The van der Waals surface area contributed by atoms with Gasteiger partial charge in [-0.3, -0.25) is 86.3 Å². The maximum Gasteiger partial charge on any atom is 0.305 e. The summed E-state index contributed by atoms with van der Waals surface area (Å²) in [6.45, 7) is 8.76. The van der Waals surface area contributed by atoms with Gasteiger partial charge in [0.2, 0.25) is 82.7 Å². The van der Waals surface area contributed by atoms with Gasteiger partial charge in [-0.15, -0.1) is 0 Å². The van der Waals surface area contributed by atoms with Crippen molar-refractivity contribution < 1.29 is 117 Å². The summed E-state index contributed by atoms with van der Waals surface area (Å²) in [7, 11) is 0. The number of carbonyl (C=O) groups excluding carboxylic acids is 15. The van der Waals surface area contributed by atoms with E-state index in [2.05, 4.69) is 58.5 Å². The van der Waals surface area contributed by atoms with Crippen LogP contribution in [0.1, 0.15) is 113 Å². The zero-order chi connectivity index (χ0) is 70.0. The molecule has 0 fully saturated rings. The molecular formula is C53H84N14O24. The number of carboxylic acids is 4. The number of aliphatic hydroxyl groups excluding tert-OH is 1. The van der Waals surface area contributed by atoms with Crippen LogP contribution in [0.3, 0.4) is 0 Å². The number of aliphatic carboxylic acids is 4. The molecular weight excluding hydrogens is 1220 g/mol. The molecule has 0 saturated carbocycles. The molecule has 0 aliphatic carbocycles. The summed E-state index contributed by atoms with van der Waals surface area (Å²) in [6, 6.07) is -17.6. The first kappa shape index (κ1) is 81.1. The van der Waals surface area contributed by atoms with Crippen molar-refractivity contribution in [2.75, 3.05) is 26.2 Å². The fourth-order valence-corrected chi connectivity index (χ4v) is 7.96. The van der Waals surface area contributed by atoms with E-state index >= 15 is 0 Å². The third-order valence-electron chi connectivity index (χ3n) is 12.4. The van der Waals surface area contributed by atoms with E-state index in [4.69, 9.17) is 5.73 Å². The number of rotatable bonds is 44. The van der Waals surface area contributed by atoms with Gasteiger partial charge in [0.25, 0.3) is 0 Å². The second-order valence-corrected chi connectivity index (χ2v) is 21.8. The highest BCUT2D eigenvalue weighted by Crippen LogP contribution is 2.12. The quantitative estimate of drug-likeness (QED) is 0.0252. The molecule has 0 bridgehead atoms. The van der Waals surface area contributed by atoms with E-state index < -0.39 is 243 Å². The van der Waals surface area contributed by atoms with Crippen molar-refractivity contribution in [3.63, 3.8) is 0 Å². The second-order valence-electron chi connectivity index (χ2n) is 21.8. The molecule has 91 heavy (non-hydrogen) atoms. The molecule has 10 atom stereocenters. The Morgan fingerprint density at radius 3 is 1.14 bits per heavy atom. The van der Waals surface area contributed by atoms with Gasteiger partial charge in [-0.1, -0.05) is 41.5 Å². The lowest BCUT2D eigenvalue weighted by molar-refractivity contribution is -0.144. The molecule has 0 aromatic carbocycles. The third kappa shape index (κ3) is 33.9. The van der Waals surface area contributed by atoms with Crippen LogP contribution >= 0.6 is 0 Å². The van der Waals surface area contributed by atoms with Crippen molar-refractivity contribution in [3.05, 3.63) is 0 Å². The van der Waals surface area contributed by atoms with Crippen LogP contribution < -0.4 is 74.9 Å². The van der Waals surface area contributed by atoms with Gasteiger partial charge < -0.3 is 105 Å². The Hall–Kier alpha value is -9.91. The molecule has 0 aromatic heterocycles. The van der Waals surface area contributed by atoms with Crippen molar-refractivity contribution in [2.45, 2.75) is 174 Å². The fourth-order valence-electron chi connectivity index (χ4n) is 7.96. The molecule has 0 aromatic rings. The zero-order valence-electron chi connectivity index (χ0n) is 51.3. The van der Waals surface area contributed by atoms with Gasteiger partial charge in [0.1, 0.15) is 66.7 Å². The maximum absolute atomic E-state index is 14.0. The number of carboxylic acid groups (broad SMARTS) is 4. The van der Waals surface area contributed by atoms with Gasteiger partial charge >= 0.3 is 23.9 Å². The SMILES string of the molecule is CC(=O)N[C@@H](CC(N)=O)C(=O)N[C@@H](CC(C)C)C(=O)N[C@@H](CO)C(=O)N[C@@H](CC(=O)O)C(=O)N[C@@H](CC(=O)O)C(=O)N[C@@H](CCC(=O)O)C(=O)N[C@@H](CC(C)C)C(=O)N[C@@H](CCC(=O)O)C(=O)NCC(=O)N[C@H](C(=O)N[C@@H](C)C(=O)NCC(=O)NCC=O)C(C)C. The molecule has 0 aliphatic heterocycles. The molecule has 0 radical (unpaired) electrons. The summed E-state index contributed by atoms with van der Waals surface area (Å²) < 4.78 is 0. The molecule has 0 spiro atoms. The monoisotopic (exact) mass is 1300 g/mol. The van der Waals surface area contributed by atoms with Crippen LogP contribution in [0.4, 0.5) is 0 Å². The molecule has 0 unspecified atom stereocenters. The minimum Gasteiger partial charge on any atom is -0.481 e. The van der Waals surface area contributed by atoms with Crippen molar-refractivity contribution in [1.82, 2.24) is 69.1 Å². The Kier molecular flexibility index (Phi) is 36.8. The van der Waals surface area contributed by atoms with Crippen molar-refractivity contribution in [3.8, 4) is 0 Å². The van der Waals surface area contributed by atoms with Crippen molar-refractivity contribution in [1.29, 1.82) is 0 Å². The number of nitrogens with one attached hydrogen (secondary N) is 13. The molecule has 38 heteroatoms. The van der Waals surface area contributed by atoms with Gasteiger partial charge in [0.15, 0.2) is 0 Å². The zero-order valence-corrected chi connectivity index (χ0v) is 51.3. The minimum absolute atomic E-state index is 0.147. The highest BCUT2D eigenvalue weighted by Gasteiger charge is 2.37. The van der Waals surface area contributed by atoms with Crippen LogP contribution in [0, 0.1) is 17.8 Å². The minimum atomic E-state index is -2.27. The van der Waals surface area contributed by atoms with Gasteiger partial charge in [-0.25, -0.2) is 0 Å². The maximum atomic E-state index is 14.0. The smallest absolute Gasteiger partial charge is 0.305 e. The number of hydrogen-bond donors (Lipinski definition) is 19. The Balaban J connectivity index is 6.64. The molecule has 0 aliphatic rings. The number of amides is 14. The van der Waals surface area contributed by atoms with Crippen molar-refractivity contribution in [2.24, 2.45) is 23.5 Å². The van der Waals surface area contributed by atoms with Gasteiger partial charge in [0.05, 0.1) is 45.5 Å². The summed E-state index contributed by atoms with van der Waals surface area (Å²) in [6.07, 6.45) is -6.40. The van der Waals surface area contributed by atoms with Crippen LogP contribution in [0.2, 0.25) is 0 Å². The van der Waals surface area contributed by atoms with E-state index in [0.29, 0.717) is 6.29 Å². The first-order chi connectivity index (χ1) is 42.3.